The summed E-state index contributed by atoms with van der Waals surface area (Å²) in [4.78, 5) is 2.13. The molecule has 2 rings (SSSR count). The third-order valence-corrected chi connectivity index (χ3v) is 3.97. The van der Waals surface area contributed by atoms with Crippen LogP contribution in [-0.2, 0) is 0 Å². The van der Waals surface area contributed by atoms with E-state index in [0.717, 1.165) is 10.4 Å². The maximum absolute atomic E-state index is 10.4. The molecular weight excluding hydrogens is 272 g/mol. The van der Waals surface area contributed by atoms with Crippen LogP contribution >= 0.6 is 11.3 Å². The van der Waals surface area contributed by atoms with Crippen molar-refractivity contribution < 1.29 is 14.6 Å². The van der Waals surface area contributed by atoms with Crippen molar-refractivity contribution in [1.82, 2.24) is 0 Å². The number of hydrogen-bond acceptors (Lipinski definition) is 4. The highest BCUT2D eigenvalue weighted by atomic mass is 32.1. The van der Waals surface area contributed by atoms with Crippen molar-refractivity contribution in [3.8, 4) is 11.5 Å². The molecule has 1 unspecified atom stereocenters. The maximum atomic E-state index is 10.4. The van der Waals surface area contributed by atoms with Crippen molar-refractivity contribution in [2.45, 2.75) is 26.9 Å². The van der Waals surface area contributed by atoms with Gasteiger partial charge in [-0.3, -0.25) is 0 Å². The third kappa shape index (κ3) is 3.32. The lowest BCUT2D eigenvalue weighted by atomic mass is 10.1. The van der Waals surface area contributed by atoms with Crippen molar-refractivity contribution in [2.24, 2.45) is 0 Å². The third-order valence-electron chi connectivity index (χ3n) is 2.91. The van der Waals surface area contributed by atoms with E-state index in [1.807, 2.05) is 51.1 Å². The Labute approximate surface area is 123 Å². The molecule has 0 aliphatic rings. The zero-order valence-electron chi connectivity index (χ0n) is 12.1. The van der Waals surface area contributed by atoms with Crippen LogP contribution in [0.4, 0.5) is 0 Å². The summed E-state index contributed by atoms with van der Waals surface area (Å²) in [6, 6.07) is 9.57. The average molecular weight is 292 g/mol. The Kier molecular flexibility index (Phi) is 5.04. The lowest BCUT2D eigenvalue weighted by Gasteiger charge is -2.15. The summed E-state index contributed by atoms with van der Waals surface area (Å²) in [5, 5.41) is 10.4. The van der Waals surface area contributed by atoms with Crippen LogP contribution in [0, 0.1) is 6.92 Å². The summed E-state index contributed by atoms with van der Waals surface area (Å²) in [5.74, 6) is 1.40. The van der Waals surface area contributed by atoms with E-state index in [0.29, 0.717) is 24.7 Å². The van der Waals surface area contributed by atoms with E-state index < -0.39 is 6.10 Å². The first-order chi connectivity index (χ1) is 9.65. The molecule has 1 aromatic carbocycles. The van der Waals surface area contributed by atoms with Crippen LogP contribution in [0.5, 0.6) is 11.5 Å². The molecule has 0 amide bonds. The molecule has 0 fully saturated rings. The predicted molar refractivity (Wildman–Crippen MR) is 81.9 cm³/mol. The van der Waals surface area contributed by atoms with Gasteiger partial charge in [0, 0.05) is 9.75 Å². The molecule has 0 aliphatic heterocycles. The van der Waals surface area contributed by atoms with E-state index >= 15 is 0 Å². The number of hydrogen-bond donors (Lipinski definition) is 1. The first-order valence-corrected chi connectivity index (χ1v) is 7.61. The second kappa shape index (κ2) is 6.77. The van der Waals surface area contributed by atoms with E-state index in [1.165, 1.54) is 4.88 Å². The monoisotopic (exact) mass is 292 g/mol. The molecule has 108 valence electrons. The van der Waals surface area contributed by atoms with Gasteiger partial charge in [-0.25, -0.2) is 0 Å². The Hall–Kier alpha value is -1.52. The van der Waals surface area contributed by atoms with Gasteiger partial charge in [0.25, 0.3) is 0 Å². The van der Waals surface area contributed by atoms with Crippen molar-refractivity contribution >= 4 is 11.3 Å². The lowest BCUT2D eigenvalue weighted by Crippen LogP contribution is -2.02. The summed E-state index contributed by atoms with van der Waals surface area (Å²) in [6.45, 7) is 7.06. The summed E-state index contributed by atoms with van der Waals surface area (Å²) in [7, 11) is 0. The van der Waals surface area contributed by atoms with Gasteiger partial charge in [-0.15, -0.1) is 11.3 Å². The van der Waals surface area contributed by atoms with Crippen LogP contribution in [0.2, 0.25) is 0 Å². The fraction of sp³-hybridized carbons (Fsp3) is 0.375. The molecule has 3 nitrogen and oxygen atoms in total. The zero-order valence-corrected chi connectivity index (χ0v) is 12.9. The number of rotatable bonds is 6. The quantitative estimate of drug-likeness (QED) is 0.876. The second-order valence-electron chi connectivity index (χ2n) is 4.42. The van der Waals surface area contributed by atoms with Gasteiger partial charge in [0.15, 0.2) is 11.5 Å². The van der Waals surface area contributed by atoms with Crippen LogP contribution in [0.25, 0.3) is 0 Å². The predicted octanol–water partition coefficient (Wildman–Crippen LogP) is 3.94. The normalized spacial score (nSPS) is 12.2. The molecule has 20 heavy (non-hydrogen) atoms. The Morgan fingerprint density at radius 1 is 1.05 bits per heavy atom. The molecule has 0 bridgehead atoms. The highest BCUT2D eigenvalue weighted by molar-refractivity contribution is 7.12. The summed E-state index contributed by atoms with van der Waals surface area (Å²) >= 11 is 1.60. The van der Waals surface area contributed by atoms with Gasteiger partial charge in [-0.2, -0.15) is 0 Å². The molecule has 2 aromatic rings. The van der Waals surface area contributed by atoms with Crippen LogP contribution in [0.1, 0.15) is 35.3 Å². The average Bonchev–Trinajstić information content (AvgIpc) is 2.87. The van der Waals surface area contributed by atoms with E-state index in [1.54, 1.807) is 11.3 Å². The standard InChI is InChI=1S/C16H20O3S/c1-4-18-13-8-7-12(10-14(13)19-5-2)16(17)15-9-6-11(3)20-15/h6-10,16-17H,4-5H2,1-3H3. The number of aliphatic hydroxyl groups excluding tert-OH is 1. The van der Waals surface area contributed by atoms with Gasteiger partial charge in [-0.05, 0) is 50.6 Å². The summed E-state index contributed by atoms with van der Waals surface area (Å²) in [6.07, 6.45) is -0.622. The highest BCUT2D eigenvalue weighted by Crippen LogP contribution is 2.34. The first-order valence-electron chi connectivity index (χ1n) is 6.79. The second-order valence-corrected chi connectivity index (χ2v) is 5.74. The molecule has 1 heterocycles. The number of aryl methyl sites for hydroxylation is 1. The Balaban J connectivity index is 2.29. The van der Waals surface area contributed by atoms with E-state index in [4.69, 9.17) is 9.47 Å². The number of aliphatic hydroxyl groups is 1. The minimum atomic E-state index is -0.622. The number of ether oxygens (including phenoxy) is 2. The molecule has 0 aliphatic carbocycles. The number of benzene rings is 1. The SMILES string of the molecule is CCOc1ccc(C(O)c2ccc(C)s2)cc1OCC. The van der Waals surface area contributed by atoms with Crippen molar-refractivity contribution in [3.05, 3.63) is 45.6 Å². The van der Waals surface area contributed by atoms with Crippen LogP contribution in [0.3, 0.4) is 0 Å². The molecule has 0 spiro atoms. The van der Waals surface area contributed by atoms with Crippen molar-refractivity contribution in [1.29, 1.82) is 0 Å². The smallest absolute Gasteiger partial charge is 0.161 e. The Morgan fingerprint density at radius 3 is 2.35 bits per heavy atom. The lowest BCUT2D eigenvalue weighted by molar-refractivity contribution is 0.222. The van der Waals surface area contributed by atoms with Gasteiger partial charge in [0.05, 0.1) is 13.2 Å². The minimum Gasteiger partial charge on any atom is -0.490 e. The molecule has 0 saturated carbocycles. The van der Waals surface area contributed by atoms with E-state index in [9.17, 15) is 5.11 Å². The molecule has 1 atom stereocenters. The zero-order chi connectivity index (χ0) is 14.5. The summed E-state index contributed by atoms with van der Waals surface area (Å²) in [5.41, 5.74) is 0.818. The van der Waals surface area contributed by atoms with E-state index in [2.05, 4.69) is 0 Å². The van der Waals surface area contributed by atoms with E-state index in [-0.39, 0.29) is 0 Å². The maximum Gasteiger partial charge on any atom is 0.161 e. The van der Waals surface area contributed by atoms with Gasteiger partial charge in [0.2, 0.25) is 0 Å². The molecule has 0 radical (unpaired) electrons. The fourth-order valence-electron chi connectivity index (χ4n) is 2.00. The topological polar surface area (TPSA) is 38.7 Å². The summed E-state index contributed by atoms with van der Waals surface area (Å²) < 4.78 is 11.1. The molecule has 4 heteroatoms. The first kappa shape index (κ1) is 14.9. The van der Waals surface area contributed by atoms with Gasteiger partial charge >= 0.3 is 0 Å². The van der Waals surface area contributed by atoms with Crippen molar-refractivity contribution in [3.63, 3.8) is 0 Å². The largest absolute Gasteiger partial charge is 0.490 e. The van der Waals surface area contributed by atoms with Gasteiger partial charge in [-0.1, -0.05) is 6.07 Å². The molecule has 1 aromatic heterocycles. The molecular formula is C16H20O3S. The molecule has 1 N–H and O–H groups in total. The molecule has 0 saturated heterocycles. The van der Waals surface area contributed by atoms with Gasteiger partial charge in [0.1, 0.15) is 6.10 Å². The van der Waals surface area contributed by atoms with Crippen LogP contribution < -0.4 is 9.47 Å². The Morgan fingerprint density at radius 2 is 1.75 bits per heavy atom. The fourth-order valence-corrected chi connectivity index (χ4v) is 2.89. The van der Waals surface area contributed by atoms with Crippen molar-refractivity contribution in [2.75, 3.05) is 13.2 Å². The highest BCUT2D eigenvalue weighted by Gasteiger charge is 2.15. The Bertz CT molecular complexity index is 563. The van der Waals surface area contributed by atoms with Gasteiger partial charge < -0.3 is 14.6 Å². The van der Waals surface area contributed by atoms with Crippen LogP contribution in [-0.4, -0.2) is 18.3 Å². The minimum absolute atomic E-state index is 0.567. The van der Waals surface area contributed by atoms with Crippen LogP contribution in [0.15, 0.2) is 30.3 Å². The number of thiophene rings is 1.